The largest absolute Gasteiger partial charge is 0.491 e. The van der Waals surface area contributed by atoms with Gasteiger partial charge in [0.1, 0.15) is 5.60 Å². The highest BCUT2D eigenvalue weighted by Crippen LogP contribution is 2.43. The van der Waals surface area contributed by atoms with Gasteiger partial charge in [0, 0.05) is 18.3 Å². The molecule has 0 aromatic rings. The van der Waals surface area contributed by atoms with E-state index in [0.717, 1.165) is 12.8 Å². The zero-order chi connectivity index (χ0) is 10.1. The molecule has 0 N–H and O–H groups in total. The Morgan fingerprint density at radius 1 is 1.46 bits per heavy atom. The maximum Gasteiger partial charge on any atom is 0.114 e. The van der Waals surface area contributed by atoms with E-state index in [1.54, 1.807) is 0 Å². The van der Waals surface area contributed by atoms with Gasteiger partial charge in [-0.25, -0.2) is 0 Å². The summed E-state index contributed by atoms with van der Waals surface area (Å²) in [6, 6.07) is 0. The van der Waals surface area contributed by atoms with Gasteiger partial charge in [-0.15, -0.1) is 0 Å². The Kier molecular flexibility index (Phi) is 2.74. The molecule has 0 saturated heterocycles. The molecule has 0 aliphatic carbocycles. The van der Waals surface area contributed by atoms with Gasteiger partial charge in [-0.05, 0) is 19.4 Å². The number of hydrogen-bond acceptors (Lipinski definition) is 1. The molecule has 0 fully saturated rings. The Labute approximate surface area is 82.2 Å². The zero-order valence-corrected chi connectivity index (χ0v) is 9.61. The van der Waals surface area contributed by atoms with Crippen LogP contribution in [0, 0.1) is 5.41 Å². The Bertz CT molecular complexity index is 210. The van der Waals surface area contributed by atoms with Crippen LogP contribution in [0.4, 0.5) is 0 Å². The molecule has 0 bridgehead atoms. The molecule has 0 radical (unpaired) electrons. The van der Waals surface area contributed by atoms with Crippen LogP contribution in [0.2, 0.25) is 0 Å². The molecule has 1 heteroatoms. The molecule has 0 spiro atoms. The van der Waals surface area contributed by atoms with Gasteiger partial charge in [0.15, 0.2) is 0 Å². The number of rotatable bonds is 2. The van der Waals surface area contributed by atoms with Crippen molar-refractivity contribution < 1.29 is 4.74 Å². The van der Waals surface area contributed by atoms with Crippen molar-refractivity contribution in [2.24, 2.45) is 5.41 Å². The predicted octanol–water partition coefficient (Wildman–Crippen LogP) is 3.90. The van der Waals surface area contributed by atoms with Crippen molar-refractivity contribution in [3.8, 4) is 0 Å². The van der Waals surface area contributed by atoms with Crippen LogP contribution in [0.25, 0.3) is 0 Å². The SMILES string of the molecule is CCCC1=CCC(C)(C(C)(C)C)O1. The quantitative estimate of drug-likeness (QED) is 0.629. The highest BCUT2D eigenvalue weighted by atomic mass is 16.5. The van der Waals surface area contributed by atoms with E-state index >= 15 is 0 Å². The predicted molar refractivity (Wildman–Crippen MR) is 56.6 cm³/mol. The lowest BCUT2D eigenvalue weighted by Crippen LogP contribution is -2.39. The zero-order valence-electron chi connectivity index (χ0n) is 9.61. The highest BCUT2D eigenvalue weighted by Gasteiger charge is 2.42. The Morgan fingerprint density at radius 3 is 2.46 bits per heavy atom. The first kappa shape index (κ1) is 10.6. The minimum absolute atomic E-state index is 0.0114. The summed E-state index contributed by atoms with van der Waals surface area (Å²) >= 11 is 0. The second-order valence-corrected chi connectivity index (χ2v) is 5.21. The van der Waals surface area contributed by atoms with Crippen LogP contribution in [0.5, 0.6) is 0 Å². The van der Waals surface area contributed by atoms with E-state index in [-0.39, 0.29) is 11.0 Å². The first-order valence-corrected chi connectivity index (χ1v) is 5.27. The molecule has 0 aromatic carbocycles. The van der Waals surface area contributed by atoms with Crippen LogP contribution >= 0.6 is 0 Å². The molecule has 1 atom stereocenters. The van der Waals surface area contributed by atoms with Gasteiger partial charge in [0.2, 0.25) is 0 Å². The van der Waals surface area contributed by atoms with Crippen LogP contribution < -0.4 is 0 Å². The molecule has 76 valence electrons. The molecular formula is C12H22O. The second-order valence-electron chi connectivity index (χ2n) is 5.21. The Morgan fingerprint density at radius 2 is 2.08 bits per heavy atom. The normalized spacial score (nSPS) is 28.5. The highest BCUT2D eigenvalue weighted by molar-refractivity contribution is 5.09. The van der Waals surface area contributed by atoms with Gasteiger partial charge in [0.25, 0.3) is 0 Å². The van der Waals surface area contributed by atoms with Crippen LogP contribution in [0.15, 0.2) is 11.8 Å². The third-order valence-corrected chi connectivity index (χ3v) is 3.16. The lowest BCUT2D eigenvalue weighted by molar-refractivity contribution is -0.0499. The summed E-state index contributed by atoms with van der Waals surface area (Å²) in [5.41, 5.74) is 0.233. The maximum atomic E-state index is 6.01. The molecule has 1 nitrogen and oxygen atoms in total. The molecule has 13 heavy (non-hydrogen) atoms. The molecule has 0 saturated carbocycles. The fourth-order valence-electron chi connectivity index (χ4n) is 1.54. The first-order chi connectivity index (χ1) is 5.89. The van der Waals surface area contributed by atoms with Crippen LogP contribution in [0.1, 0.15) is 53.9 Å². The van der Waals surface area contributed by atoms with E-state index in [4.69, 9.17) is 4.74 Å². The first-order valence-electron chi connectivity index (χ1n) is 5.27. The van der Waals surface area contributed by atoms with Crippen molar-refractivity contribution in [1.29, 1.82) is 0 Å². The van der Waals surface area contributed by atoms with Gasteiger partial charge >= 0.3 is 0 Å². The summed E-state index contributed by atoms with van der Waals surface area (Å²) < 4.78 is 6.01. The van der Waals surface area contributed by atoms with Crippen LogP contribution in [-0.2, 0) is 4.74 Å². The summed E-state index contributed by atoms with van der Waals surface area (Å²) in [7, 11) is 0. The van der Waals surface area contributed by atoms with Gasteiger partial charge in [-0.3, -0.25) is 0 Å². The van der Waals surface area contributed by atoms with E-state index in [9.17, 15) is 0 Å². The standard InChI is InChI=1S/C12H22O/c1-6-7-10-8-9-12(5,13-10)11(2,3)4/h8H,6-7,9H2,1-5H3. The molecule has 1 heterocycles. The third-order valence-electron chi connectivity index (χ3n) is 3.16. The van der Waals surface area contributed by atoms with Crippen molar-refractivity contribution in [3.63, 3.8) is 0 Å². The third kappa shape index (κ3) is 2.07. The lowest BCUT2D eigenvalue weighted by atomic mass is 9.76. The summed E-state index contributed by atoms with van der Waals surface area (Å²) in [6.45, 7) is 11.1. The van der Waals surface area contributed by atoms with E-state index in [2.05, 4.69) is 40.7 Å². The molecule has 1 aliphatic heterocycles. The maximum absolute atomic E-state index is 6.01. The molecular weight excluding hydrogens is 160 g/mol. The van der Waals surface area contributed by atoms with E-state index < -0.39 is 0 Å². The van der Waals surface area contributed by atoms with Crippen molar-refractivity contribution in [3.05, 3.63) is 11.8 Å². The van der Waals surface area contributed by atoms with Gasteiger partial charge < -0.3 is 4.74 Å². The summed E-state index contributed by atoms with van der Waals surface area (Å²) in [5.74, 6) is 1.19. The molecule has 0 amide bonds. The minimum Gasteiger partial charge on any atom is -0.491 e. The summed E-state index contributed by atoms with van der Waals surface area (Å²) in [4.78, 5) is 0. The minimum atomic E-state index is 0.0114. The molecule has 1 unspecified atom stereocenters. The van der Waals surface area contributed by atoms with Crippen molar-refractivity contribution in [2.45, 2.75) is 59.5 Å². The van der Waals surface area contributed by atoms with Crippen molar-refractivity contribution in [2.75, 3.05) is 0 Å². The van der Waals surface area contributed by atoms with E-state index in [1.807, 2.05) is 0 Å². The van der Waals surface area contributed by atoms with Crippen molar-refractivity contribution in [1.82, 2.24) is 0 Å². The average Bonchev–Trinajstić information content (AvgIpc) is 2.32. The summed E-state index contributed by atoms with van der Waals surface area (Å²) in [6.07, 6.45) is 5.58. The number of allylic oxidation sites excluding steroid dienone is 1. The smallest absolute Gasteiger partial charge is 0.114 e. The topological polar surface area (TPSA) is 9.23 Å². The number of ether oxygens (including phenoxy) is 1. The average molecular weight is 182 g/mol. The fourth-order valence-corrected chi connectivity index (χ4v) is 1.54. The Hall–Kier alpha value is -0.460. The van der Waals surface area contributed by atoms with Gasteiger partial charge in [0.05, 0.1) is 5.76 Å². The van der Waals surface area contributed by atoms with Gasteiger partial charge in [-0.2, -0.15) is 0 Å². The molecule has 1 rings (SSSR count). The van der Waals surface area contributed by atoms with Crippen molar-refractivity contribution >= 4 is 0 Å². The lowest BCUT2D eigenvalue weighted by Gasteiger charge is -2.38. The second kappa shape index (κ2) is 3.36. The fraction of sp³-hybridized carbons (Fsp3) is 0.833. The van der Waals surface area contributed by atoms with E-state index in [0.29, 0.717) is 0 Å². The summed E-state index contributed by atoms with van der Waals surface area (Å²) in [5, 5.41) is 0. The Balaban J connectivity index is 2.62. The monoisotopic (exact) mass is 182 g/mol. The molecule has 0 aromatic heterocycles. The van der Waals surface area contributed by atoms with Gasteiger partial charge in [-0.1, -0.05) is 27.7 Å². The van der Waals surface area contributed by atoms with E-state index in [1.165, 1.54) is 12.2 Å². The number of hydrogen-bond donors (Lipinski definition) is 0. The van der Waals surface area contributed by atoms with Crippen LogP contribution in [0.3, 0.4) is 0 Å². The molecule has 1 aliphatic rings. The van der Waals surface area contributed by atoms with Crippen LogP contribution in [-0.4, -0.2) is 5.60 Å².